The SMILES string of the molecule is c1ccc(N(c2ccccc2)c2cc3c4c(c2)N(c2ccccc2)c2ccccc2B4c2cc4c5cc6c(cc5n(-c5ccccc5)c4cc2O3)Oc2cc(N(c3ccccc3)c3ccccc3)cc3c2B6c2ccccc2N3c2ccccc2)cc1. The Morgan fingerprint density at radius 3 is 0.943 bits per heavy atom. The lowest BCUT2D eigenvalue weighted by Gasteiger charge is -2.41. The number of benzene rings is 13. The van der Waals surface area contributed by atoms with Crippen molar-refractivity contribution in [1.29, 1.82) is 0 Å². The maximum Gasteiger partial charge on any atom is 0.256 e. The summed E-state index contributed by atoms with van der Waals surface area (Å²) in [6.07, 6.45) is 0. The summed E-state index contributed by atoms with van der Waals surface area (Å²) in [5.74, 6) is 3.30. The lowest BCUT2D eigenvalue weighted by Crippen LogP contribution is -2.59. The molecule has 4 aliphatic rings. The Balaban J connectivity index is 0.884. The third-order valence-electron chi connectivity index (χ3n) is 18.0. The van der Waals surface area contributed by atoms with Crippen molar-refractivity contribution in [3.8, 4) is 28.7 Å². The second-order valence-corrected chi connectivity index (χ2v) is 22.8. The summed E-state index contributed by atoms with van der Waals surface area (Å²) in [6.45, 7) is -0.314. The van der Waals surface area contributed by atoms with E-state index in [0.29, 0.717) is 0 Å². The highest BCUT2D eigenvalue weighted by Crippen LogP contribution is 2.50. The van der Waals surface area contributed by atoms with Gasteiger partial charge < -0.3 is 33.6 Å². The van der Waals surface area contributed by atoms with Gasteiger partial charge in [0, 0.05) is 97.6 Å². The summed E-state index contributed by atoms with van der Waals surface area (Å²) in [5, 5.41) is 2.28. The molecular weight excluding hydrogens is 1060 g/mol. The van der Waals surface area contributed by atoms with Gasteiger partial charge in [-0.3, -0.25) is 0 Å². The molecule has 0 amide bonds. The maximum atomic E-state index is 7.56. The van der Waals surface area contributed by atoms with E-state index in [-0.39, 0.29) is 13.4 Å². The van der Waals surface area contributed by atoms with E-state index in [9.17, 15) is 0 Å². The number of ether oxygens (including phenoxy) is 2. The predicted molar refractivity (Wildman–Crippen MR) is 362 cm³/mol. The molecule has 18 rings (SSSR count). The molecule has 0 fully saturated rings. The molecular formula is C78H51B2N5O2. The molecule has 0 radical (unpaired) electrons. The molecule has 406 valence electrons. The number of hydrogen-bond donors (Lipinski definition) is 0. The molecule has 4 aliphatic heterocycles. The minimum atomic E-state index is -0.157. The Bertz CT molecular complexity index is 4640. The maximum absolute atomic E-state index is 7.56. The van der Waals surface area contributed by atoms with Gasteiger partial charge in [0.2, 0.25) is 0 Å². The van der Waals surface area contributed by atoms with Crippen molar-refractivity contribution in [2.45, 2.75) is 0 Å². The van der Waals surface area contributed by atoms with Crippen LogP contribution in [0.4, 0.5) is 68.2 Å². The van der Waals surface area contributed by atoms with Gasteiger partial charge in [-0.05, 0) is 142 Å². The molecule has 1 aromatic heterocycles. The van der Waals surface area contributed by atoms with Gasteiger partial charge in [-0.1, -0.05) is 176 Å². The van der Waals surface area contributed by atoms with E-state index in [4.69, 9.17) is 9.47 Å². The molecule has 0 saturated carbocycles. The molecule has 0 N–H and O–H groups in total. The molecule has 5 heterocycles. The van der Waals surface area contributed by atoms with Crippen LogP contribution in [0.25, 0.3) is 27.5 Å². The van der Waals surface area contributed by atoms with Gasteiger partial charge in [0.25, 0.3) is 13.4 Å². The molecule has 0 aliphatic carbocycles. The van der Waals surface area contributed by atoms with E-state index >= 15 is 0 Å². The molecule has 87 heavy (non-hydrogen) atoms. The monoisotopic (exact) mass is 1110 g/mol. The lowest BCUT2D eigenvalue weighted by molar-refractivity contribution is 0.488. The van der Waals surface area contributed by atoms with Crippen molar-refractivity contribution >= 4 is 136 Å². The minimum absolute atomic E-state index is 0.157. The summed E-state index contributed by atoms with van der Waals surface area (Å²) in [7, 11) is 0. The molecule has 0 bridgehead atoms. The van der Waals surface area contributed by atoms with Crippen LogP contribution >= 0.6 is 0 Å². The topological polar surface area (TPSA) is 36.4 Å². The average molecular weight is 1110 g/mol. The zero-order valence-electron chi connectivity index (χ0n) is 47.2. The zero-order chi connectivity index (χ0) is 57.1. The fraction of sp³-hybridized carbons (Fsp3) is 0. The van der Waals surface area contributed by atoms with Gasteiger partial charge >= 0.3 is 0 Å². The summed E-state index contributed by atoms with van der Waals surface area (Å²) in [6, 6.07) is 111. The van der Waals surface area contributed by atoms with Crippen molar-refractivity contribution in [3.05, 3.63) is 309 Å². The second-order valence-electron chi connectivity index (χ2n) is 22.8. The van der Waals surface area contributed by atoms with Crippen molar-refractivity contribution < 1.29 is 9.47 Å². The largest absolute Gasteiger partial charge is 0.458 e. The van der Waals surface area contributed by atoms with Gasteiger partial charge in [0.15, 0.2) is 0 Å². The van der Waals surface area contributed by atoms with Crippen LogP contribution in [0.1, 0.15) is 0 Å². The smallest absolute Gasteiger partial charge is 0.256 e. The molecule has 0 saturated heterocycles. The highest BCUT2D eigenvalue weighted by Gasteiger charge is 2.45. The Morgan fingerprint density at radius 2 is 0.575 bits per heavy atom. The fourth-order valence-corrected chi connectivity index (χ4v) is 14.4. The van der Waals surface area contributed by atoms with Gasteiger partial charge in [0.1, 0.15) is 23.0 Å². The van der Waals surface area contributed by atoms with E-state index in [1.54, 1.807) is 0 Å². The molecule has 13 aromatic carbocycles. The van der Waals surface area contributed by atoms with Crippen LogP contribution in [0.5, 0.6) is 23.0 Å². The lowest BCUT2D eigenvalue weighted by atomic mass is 9.34. The Morgan fingerprint density at radius 1 is 0.253 bits per heavy atom. The Labute approximate surface area is 505 Å². The minimum Gasteiger partial charge on any atom is -0.458 e. The van der Waals surface area contributed by atoms with E-state index in [2.05, 4.69) is 334 Å². The second kappa shape index (κ2) is 19.6. The van der Waals surface area contributed by atoms with Crippen LogP contribution in [-0.4, -0.2) is 18.0 Å². The Kier molecular flexibility index (Phi) is 11.0. The first-order chi connectivity index (χ1) is 43.2. The average Bonchev–Trinajstić information content (AvgIpc) is 1.71. The summed E-state index contributed by atoms with van der Waals surface area (Å²) in [4.78, 5) is 9.53. The van der Waals surface area contributed by atoms with E-state index in [1.165, 1.54) is 10.9 Å². The van der Waals surface area contributed by atoms with E-state index < -0.39 is 0 Å². The van der Waals surface area contributed by atoms with Crippen molar-refractivity contribution in [1.82, 2.24) is 4.57 Å². The van der Waals surface area contributed by atoms with E-state index in [0.717, 1.165) is 141 Å². The van der Waals surface area contributed by atoms with Crippen molar-refractivity contribution in [2.75, 3.05) is 19.6 Å². The number of nitrogens with zero attached hydrogens (tertiary/aromatic N) is 5. The van der Waals surface area contributed by atoms with Gasteiger partial charge in [-0.25, -0.2) is 0 Å². The summed E-state index contributed by atoms with van der Waals surface area (Å²) < 4.78 is 17.5. The Hall–Kier alpha value is -11.4. The van der Waals surface area contributed by atoms with E-state index in [1.807, 2.05) is 0 Å². The third-order valence-corrected chi connectivity index (χ3v) is 18.0. The van der Waals surface area contributed by atoms with Crippen LogP contribution < -0.4 is 61.9 Å². The standard InChI is InChI=1S/C78H51B2N5O2/c1-8-26-52(27-9-1)81(53-28-10-2-11-29-53)59-44-71-77-75(46-59)86-73-50-69-61(48-65(73)79(77)63-40-22-24-42-67(63)83(71)56-34-16-5-17-35-56)62-49-66-74(51-70(62)85(69)58-38-20-7-21-39-58)87-76-47-60(82(54-30-12-3-13-31-54)55-32-14-4-15-33-55)45-72-78(76)80(66)64-41-23-25-43-68(64)84(72)57-36-18-6-19-37-57/h1-51H. The van der Waals surface area contributed by atoms with Crippen molar-refractivity contribution in [2.24, 2.45) is 0 Å². The molecule has 0 unspecified atom stereocenters. The normalized spacial score (nSPS) is 12.9. The third kappa shape index (κ3) is 7.66. The number of fused-ring (bicyclic) bond motifs is 11. The number of para-hydroxylation sites is 9. The molecule has 9 heteroatoms. The highest BCUT2D eigenvalue weighted by molar-refractivity contribution is 7.00. The number of aromatic nitrogens is 1. The van der Waals surface area contributed by atoms with Crippen LogP contribution in [0.15, 0.2) is 309 Å². The van der Waals surface area contributed by atoms with Gasteiger partial charge in [-0.2, -0.15) is 0 Å². The van der Waals surface area contributed by atoms with Crippen LogP contribution in [0.3, 0.4) is 0 Å². The molecule has 0 atom stereocenters. The predicted octanol–water partition coefficient (Wildman–Crippen LogP) is 16.5. The van der Waals surface area contributed by atoms with Gasteiger partial charge in [0.05, 0.1) is 22.4 Å². The number of hydrogen-bond acceptors (Lipinski definition) is 6. The first-order valence-electron chi connectivity index (χ1n) is 29.8. The fourth-order valence-electron chi connectivity index (χ4n) is 14.4. The molecule has 14 aromatic rings. The first-order valence-corrected chi connectivity index (χ1v) is 29.8. The first kappa shape index (κ1) is 49.1. The highest BCUT2D eigenvalue weighted by atomic mass is 16.5. The molecule has 7 nitrogen and oxygen atoms in total. The molecule has 0 spiro atoms. The number of anilines is 12. The van der Waals surface area contributed by atoms with Crippen molar-refractivity contribution in [3.63, 3.8) is 0 Å². The zero-order valence-corrected chi connectivity index (χ0v) is 47.2. The number of rotatable bonds is 9. The van der Waals surface area contributed by atoms with Crippen LogP contribution in [0, 0.1) is 0 Å². The summed E-state index contributed by atoms with van der Waals surface area (Å²) >= 11 is 0. The summed E-state index contributed by atoms with van der Waals surface area (Å²) in [5.41, 5.74) is 22.9. The van der Waals surface area contributed by atoms with Crippen LogP contribution in [0.2, 0.25) is 0 Å². The van der Waals surface area contributed by atoms with Crippen LogP contribution in [-0.2, 0) is 0 Å². The van der Waals surface area contributed by atoms with Gasteiger partial charge in [-0.15, -0.1) is 0 Å². The quantitative estimate of drug-likeness (QED) is 0.134.